The van der Waals surface area contributed by atoms with E-state index in [0.29, 0.717) is 6.42 Å². The number of hydrogen-bond acceptors (Lipinski definition) is 3. The molecule has 1 rings (SSSR count). The van der Waals surface area contributed by atoms with E-state index in [1.54, 1.807) is 6.92 Å². The molecule has 0 unspecified atom stereocenters. The van der Waals surface area contributed by atoms with Gasteiger partial charge in [0.1, 0.15) is 5.78 Å². The molecule has 1 heterocycles. The van der Waals surface area contributed by atoms with Crippen molar-refractivity contribution in [3.63, 3.8) is 0 Å². The summed E-state index contributed by atoms with van der Waals surface area (Å²) in [5, 5.41) is 0. The Balaban J connectivity index is 0.000000921. The van der Waals surface area contributed by atoms with E-state index in [2.05, 4.69) is 0 Å². The van der Waals surface area contributed by atoms with Crippen molar-refractivity contribution >= 4 is 17.6 Å². The third-order valence-electron chi connectivity index (χ3n) is 1.91. The van der Waals surface area contributed by atoms with E-state index in [9.17, 15) is 14.4 Å². The van der Waals surface area contributed by atoms with Gasteiger partial charge in [-0.15, -0.1) is 0 Å². The van der Waals surface area contributed by atoms with E-state index in [1.807, 2.05) is 13.8 Å². The number of ketones is 1. The molecule has 1 aliphatic heterocycles. The van der Waals surface area contributed by atoms with Crippen molar-refractivity contribution in [2.75, 3.05) is 6.54 Å². The number of hydrogen-bond donors (Lipinski definition) is 0. The average molecular weight is 211 g/mol. The van der Waals surface area contributed by atoms with E-state index in [-0.39, 0.29) is 30.6 Å². The van der Waals surface area contributed by atoms with Gasteiger partial charge < -0.3 is 0 Å². The molecule has 0 fully saturated rings. The highest BCUT2D eigenvalue weighted by atomic mass is 16.2. The van der Waals surface area contributed by atoms with Crippen molar-refractivity contribution in [3.05, 3.63) is 12.2 Å². The Hall–Kier alpha value is -1.45. The Kier molecular flexibility index (Phi) is 6.25. The molecule has 0 spiro atoms. The molecule has 0 atom stereocenters. The third-order valence-corrected chi connectivity index (χ3v) is 1.91. The predicted octanol–water partition coefficient (Wildman–Crippen LogP) is 1.31. The Morgan fingerprint density at radius 1 is 1.20 bits per heavy atom. The van der Waals surface area contributed by atoms with Gasteiger partial charge in [0, 0.05) is 31.5 Å². The molecule has 15 heavy (non-hydrogen) atoms. The maximum Gasteiger partial charge on any atom is 0.253 e. The lowest BCUT2D eigenvalue weighted by molar-refractivity contribution is -0.137. The lowest BCUT2D eigenvalue weighted by atomic mass is 10.2. The van der Waals surface area contributed by atoms with Crippen molar-refractivity contribution in [1.29, 1.82) is 0 Å². The van der Waals surface area contributed by atoms with E-state index >= 15 is 0 Å². The zero-order chi connectivity index (χ0) is 11.8. The summed E-state index contributed by atoms with van der Waals surface area (Å²) in [4.78, 5) is 34.0. The van der Waals surface area contributed by atoms with Crippen LogP contribution in [0.1, 0.15) is 33.6 Å². The number of Topliss-reactive ketones (excluding diaryl/α,β-unsaturated/α-hetero) is 1. The second-order valence-electron chi connectivity index (χ2n) is 2.80. The van der Waals surface area contributed by atoms with Gasteiger partial charge in [0.05, 0.1) is 0 Å². The lowest BCUT2D eigenvalue weighted by Gasteiger charge is -2.11. The number of amides is 2. The van der Waals surface area contributed by atoms with Gasteiger partial charge >= 0.3 is 0 Å². The summed E-state index contributed by atoms with van der Waals surface area (Å²) in [5.74, 6) is -0.588. The zero-order valence-electron chi connectivity index (χ0n) is 9.45. The van der Waals surface area contributed by atoms with Gasteiger partial charge in [-0.05, 0) is 0 Å². The highest BCUT2D eigenvalue weighted by Gasteiger charge is 2.22. The van der Waals surface area contributed by atoms with E-state index in [4.69, 9.17) is 0 Å². The van der Waals surface area contributed by atoms with Gasteiger partial charge in [-0.2, -0.15) is 0 Å². The molecule has 4 heteroatoms. The van der Waals surface area contributed by atoms with Crippen LogP contribution in [0, 0.1) is 0 Å². The first-order valence-corrected chi connectivity index (χ1v) is 5.20. The monoisotopic (exact) mass is 211 g/mol. The largest absolute Gasteiger partial charge is 0.300 e. The van der Waals surface area contributed by atoms with Gasteiger partial charge in [0.2, 0.25) is 0 Å². The Morgan fingerprint density at radius 3 is 2.07 bits per heavy atom. The second kappa shape index (κ2) is 6.92. The minimum absolute atomic E-state index is 0.0625. The van der Waals surface area contributed by atoms with Gasteiger partial charge in [-0.25, -0.2) is 0 Å². The standard InChI is InChI=1S/C9H11NO3.C2H6/c1-2-7(11)5-6-10-8(12)3-4-9(10)13;1-2/h3-4H,2,5-6H2,1H3;1-2H3. The van der Waals surface area contributed by atoms with E-state index in [0.717, 1.165) is 4.90 Å². The predicted molar refractivity (Wildman–Crippen MR) is 57.1 cm³/mol. The third kappa shape index (κ3) is 4.06. The quantitative estimate of drug-likeness (QED) is 0.659. The van der Waals surface area contributed by atoms with Crippen LogP contribution in [0.4, 0.5) is 0 Å². The molecule has 0 aromatic carbocycles. The summed E-state index contributed by atoms with van der Waals surface area (Å²) < 4.78 is 0. The van der Waals surface area contributed by atoms with Gasteiger partial charge in [-0.1, -0.05) is 20.8 Å². The van der Waals surface area contributed by atoms with Crippen molar-refractivity contribution in [3.8, 4) is 0 Å². The van der Waals surface area contributed by atoms with Crippen LogP contribution in [-0.4, -0.2) is 29.0 Å². The van der Waals surface area contributed by atoms with Crippen LogP contribution in [-0.2, 0) is 14.4 Å². The molecule has 2 amide bonds. The topological polar surface area (TPSA) is 54.5 Å². The van der Waals surface area contributed by atoms with E-state index < -0.39 is 0 Å². The molecule has 0 saturated carbocycles. The summed E-state index contributed by atoms with van der Waals surface area (Å²) in [6, 6.07) is 0. The van der Waals surface area contributed by atoms with Crippen LogP contribution < -0.4 is 0 Å². The molecule has 0 aliphatic carbocycles. The molecule has 0 aromatic heterocycles. The zero-order valence-corrected chi connectivity index (χ0v) is 9.45. The van der Waals surface area contributed by atoms with Crippen LogP contribution in [0.25, 0.3) is 0 Å². The first-order valence-electron chi connectivity index (χ1n) is 5.20. The molecule has 1 aliphatic rings. The van der Waals surface area contributed by atoms with Crippen LogP contribution in [0.2, 0.25) is 0 Å². The molecular weight excluding hydrogens is 194 g/mol. The molecule has 0 saturated heterocycles. The fourth-order valence-corrected chi connectivity index (χ4v) is 1.06. The highest BCUT2D eigenvalue weighted by molar-refractivity contribution is 6.13. The van der Waals surface area contributed by atoms with E-state index in [1.165, 1.54) is 12.2 Å². The maximum absolute atomic E-state index is 11.0. The van der Waals surface area contributed by atoms with Gasteiger partial charge in [-0.3, -0.25) is 19.3 Å². The molecular formula is C11H17NO3. The first kappa shape index (κ1) is 13.5. The maximum atomic E-state index is 11.0. The lowest BCUT2D eigenvalue weighted by Crippen LogP contribution is -2.31. The number of carbonyl (C=O) groups excluding carboxylic acids is 3. The molecule has 0 radical (unpaired) electrons. The number of nitrogens with zero attached hydrogens (tertiary/aromatic N) is 1. The van der Waals surface area contributed by atoms with Gasteiger partial charge in [0.25, 0.3) is 11.8 Å². The number of imide groups is 1. The van der Waals surface area contributed by atoms with Crippen molar-refractivity contribution in [1.82, 2.24) is 4.90 Å². The van der Waals surface area contributed by atoms with Crippen molar-refractivity contribution in [2.24, 2.45) is 0 Å². The number of rotatable bonds is 4. The summed E-state index contributed by atoms with van der Waals surface area (Å²) in [7, 11) is 0. The SMILES string of the molecule is CC.CCC(=O)CCN1C(=O)C=CC1=O. The molecule has 4 nitrogen and oxygen atoms in total. The summed E-state index contributed by atoms with van der Waals surface area (Å²) >= 11 is 0. The van der Waals surface area contributed by atoms with Crippen LogP contribution in [0.5, 0.6) is 0 Å². The van der Waals surface area contributed by atoms with Crippen molar-refractivity contribution < 1.29 is 14.4 Å². The fourth-order valence-electron chi connectivity index (χ4n) is 1.06. The summed E-state index contributed by atoms with van der Waals surface area (Å²) in [6.07, 6.45) is 3.15. The first-order chi connectivity index (χ1) is 7.15. The summed E-state index contributed by atoms with van der Waals surface area (Å²) in [6.45, 7) is 5.96. The average Bonchev–Trinajstić information content (AvgIpc) is 2.58. The second-order valence-corrected chi connectivity index (χ2v) is 2.80. The van der Waals surface area contributed by atoms with Crippen molar-refractivity contribution in [2.45, 2.75) is 33.6 Å². The molecule has 84 valence electrons. The molecule has 0 N–H and O–H groups in total. The molecule has 0 bridgehead atoms. The minimum Gasteiger partial charge on any atom is -0.300 e. The Bertz CT molecular complexity index is 264. The summed E-state index contributed by atoms with van der Waals surface area (Å²) in [5.41, 5.74) is 0. The van der Waals surface area contributed by atoms with Gasteiger partial charge in [0.15, 0.2) is 0 Å². The van der Waals surface area contributed by atoms with Crippen LogP contribution in [0.15, 0.2) is 12.2 Å². The smallest absolute Gasteiger partial charge is 0.253 e. The minimum atomic E-state index is -0.325. The van der Waals surface area contributed by atoms with Crippen LogP contribution in [0.3, 0.4) is 0 Å². The highest BCUT2D eigenvalue weighted by Crippen LogP contribution is 2.04. The Labute approximate surface area is 89.9 Å². The normalized spacial score (nSPS) is 13.9. The van der Waals surface area contributed by atoms with Crippen LogP contribution >= 0.6 is 0 Å². The fraction of sp³-hybridized carbons (Fsp3) is 0.545. The number of carbonyl (C=O) groups is 3. The molecule has 0 aromatic rings. The Morgan fingerprint density at radius 2 is 1.67 bits per heavy atom.